The molecular formula is C25H25N3O3S2. The molecule has 1 saturated carbocycles. The van der Waals surface area contributed by atoms with Crippen LogP contribution >= 0.6 is 22.7 Å². The number of hydrogen-bond acceptors (Lipinski definition) is 6. The number of amides is 2. The number of ether oxygens (including phenoxy) is 1. The number of aromatic nitrogens is 1. The molecule has 0 radical (unpaired) electrons. The van der Waals surface area contributed by atoms with E-state index in [0.29, 0.717) is 22.9 Å². The van der Waals surface area contributed by atoms with Gasteiger partial charge >= 0.3 is 0 Å². The molecule has 33 heavy (non-hydrogen) atoms. The number of fused-ring (bicyclic) bond motifs is 1. The molecule has 0 atom stereocenters. The molecule has 5 rings (SSSR count). The third-order valence-electron chi connectivity index (χ3n) is 5.67. The maximum atomic E-state index is 12.8. The van der Waals surface area contributed by atoms with Gasteiger partial charge < -0.3 is 15.4 Å². The minimum absolute atomic E-state index is 0.0628. The molecular weight excluding hydrogens is 454 g/mol. The number of para-hydroxylation sites is 1. The lowest BCUT2D eigenvalue weighted by Crippen LogP contribution is -2.27. The summed E-state index contributed by atoms with van der Waals surface area (Å²) in [7, 11) is 0. The Morgan fingerprint density at radius 1 is 1.24 bits per heavy atom. The largest absolute Gasteiger partial charge is 0.487 e. The standard InChI is InChI=1S/C25H25N3O3S2/c1-15-26-18(14-32-15)13-31-20-7-3-2-5-16(20)9-12-22(29)28-25-23(24(30)27-17-10-11-17)19-6-4-8-21(19)33-25/h2-3,5,7,9,12,14,17H,4,6,8,10-11,13H2,1H3,(H,27,30)(H,28,29). The fourth-order valence-corrected chi connectivity index (χ4v) is 5.80. The summed E-state index contributed by atoms with van der Waals surface area (Å²) in [6, 6.07) is 7.86. The summed E-state index contributed by atoms with van der Waals surface area (Å²) in [6.07, 6.45) is 8.23. The molecule has 1 fully saturated rings. The van der Waals surface area contributed by atoms with Gasteiger partial charge in [-0.25, -0.2) is 4.98 Å². The highest BCUT2D eigenvalue weighted by Crippen LogP contribution is 2.39. The van der Waals surface area contributed by atoms with Crippen LogP contribution in [0.2, 0.25) is 0 Å². The maximum Gasteiger partial charge on any atom is 0.254 e. The molecule has 2 heterocycles. The number of hydrogen-bond donors (Lipinski definition) is 2. The molecule has 2 aliphatic carbocycles. The first-order chi connectivity index (χ1) is 16.1. The second-order valence-corrected chi connectivity index (χ2v) is 10.5. The van der Waals surface area contributed by atoms with E-state index in [1.165, 1.54) is 22.3 Å². The Hall–Kier alpha value is -2.97. The van der Waals surface area contributed by atoms with Crippen molar-refractivity contribution in [2.24, 2.45) is 0 Å². The number of rotatable bonds is 8. The van der Waals surface area contributed by atoms with Gasteiger partial charge in [0, 0.05) is 27.9 Å². The van der Waals surface area contributed by atoms with Gasteiger partial charge in [-0.05, 0) is 56.7 Å². The van der Waals surface area contributed by atoms with E-state index in [2.05, 4.69) is 15.6 Å². The van der Waals surface area contributed by atoms with Crippen LogP contribution in [0.25, 0.3) is 6.08 Å². The fraction of sp³-hybridized carbons (Fsp3) is 0.320. The number of benzene rings is 1. The van der Waals surface area contributed by atoms with Gasteiger partial charge in [-0.15, -0.1) is 22.7 Å². The molecule has 0 spiro atoms. The first-order valence-corrected chi connectivity index (χ1v) is 12.8. The zero-order valence-electron chi connectivity index (χ0n) is 18.3. The lowest BCUT2D eigenvalue weighted by molar-refractivity contribution is -0.111. The first kappa shape index (κ1) is 21.9. The molecule has 170 valence electrons. The van der Waals surface area contributed by atoms with Crippen LogP contribution in [0.5, 0.6) is 5.75 Å². The van der Waals surface area contributed by atoms with Crippen LogP contribution < -0.4 is 15.4 Å². The summed E-state index contributed by atoms with van der Waals surface area (Å²) in [4.78, 5) is 31.2. The average molecular weight is 480 g/mol. The number of nitrogens with one attached hydrogen (secondary N) is 2. The van der Waals surface area contributed by atoms with E-state index in [4.69, 9.17) is 4.74 Å². The third kappa shape index (κ3) is 5.17. The van der Waals surface area contributed by atoms with Crippen molar-refractivity contribution in [1.82, 2.24) is 10.3 Å². The second-order valence-electron chi connectivity index (χ2n) is 8.32. The van der Waals surface area contributed by atoms with Gasteiger partial charge in [-0.2, -0.15) is 0 Å². The van der Waals surface area contributed by atoms with Crippen molar-refractivity contribution in [1.29, 1.82) is 0 Å². The van der Waals surface area contributed by atoms with E-state index in [1.807, 2.05) is 36.6 Å². The summed E-state index contributed by atoms with van der Waals surface area (Å²) in [6.45, 7) is 2.34. The van der Waals surface area contributed by atoms with Gasteiger partial charge in [0.05, 0.1) is 16.3 Å². The Morgan fingerprint density at radius 3 is 2.88 bits per heavy atom. The Kier molecular flexibility index (Phi) is 6.28. The molecule has 0 saturated heterocycles. The van der Waals surface area contributed by atoms with Crippen molar-refractivity contribution in [3.8, 4) is 5.75 Å². The minimum atomic E-state index is -0.264. The van der Waals surface area contributed by atoms with E-state index < -0.39 is 0 Å². The smallest absolute Gasteiger partial charge is 0.254 e. The monoisotopic (exact) mass is 479 g/mol. The summed E-state index contributed by atoms with van der Waals surface area (Å²) in [5.41, 5.74) is 3.45. The number of anilines is 1. The summed E-state index contributed by atoms with van der Waals surface area (Å²) < 4.78 is 5.93. The summed E-state index contributed by atoms with van der Waals surface area (Å²) in [5.74, 6) is 0.360. The lowest BCUT2D eigenvalue weighted by atomic mass is 10.1. The zero-order valence-corrected chi connectivity index (χ0v) is 20.0. The fourth-order valence-electron chi connectivity index (χ4n) is 3.91. The lowest BCUT2D eigenvalue weighted by Gasteiger charge is -2.09. The normalized spacial score (nSPS) is 14.9. The van der Waals surface area contributed by atoms with Crippen LogP contribution in [0.15, 0.2) is 35.7 Å². The van der Waals surface area contributed by atoms with E-state index in [0.717, 1.165) is 53.9 Å². The molecule has 3 aromatic rings. The predicted molar refractivity (Wildman–Crippen MR) is 132 cm³/mol. The molecule has 2 N–H and O–H groups in total. The Bertz CT molecular complexity index is 1220. The van der Waals surface area contributed by atoms with Crippen molar-refractivity contribution >= 4 is 45.6 Å². The molecule has 1 aromatic carbocycles. The highest BCUT2D eigenvalue weighted by molar-refractivity contribution is 7.17. The molecule has 2 amide bonds. The van der Waals surface area contributed by atoms with E-state index in [-0.39, 0.29) is 17.9 Å². The highest BCUT2D eigenvalue weighted by atomic mass is 32.1. The van der Waals surface area contributed by atoms with Gasteiger partial charge in [-0.1, -0.05) is 18.2 Å². The molecule has 2 aliphatic rings. The molecule has 0 aliphatic heterocycles. The number of thiophene rings is 1. The van der Waals surface area contributed by atoms with E-state index in [1.54, 1.807) is 17.4 Å². The van der Waals surface area contributed by atoms with Crippen LogP contribution in [0, 0.1) is 6.92 Å². The number of aryl methyl sites for hydroxylation is 2. The van der Waals surface area contributed by atoms with Crippen molar-refractivity contribution < 1.29 is 14.3 Å². The Balaban J connectivity index is 1.28. The molecule has 6 nitrogen and oxygen atoms in total. The Labute approximate surface area is 200 Å². The maximum absolute atomic E-state index is 12.8. The molecule has 0 bridgehead atoms. The van der Waals surface area contributed by atoms with Gasteiger partial charge in [-0.3, -0.25) is 9.59 Å². The van der Waals surface area contributed by atoms with Crippen molar-refractivity contribution in [3.05, 3.63) is 68.0 Å². The predicted octanol–water partition coefficient (Wildman–Crippen LogP) is 5.12. The summed E-state index contributed by atoms with van der Waals surface area (Å²) >= 11 is 3.12. The van der Waals surface area contributed by atoms with Crippen molar-refractivity contribution in [2.45, 2.75) is 51.7 Å². The van der Waals surface area contributed by atoms with Gasteiger partial charge in [0.15, 0.2) is 0 Å². The van der Waals surface area contributed by atoms with Crippen LogP contribution in [-0.2, 0) is 24.2 Å². The van der Waals surface area contributed by atoms with E-state index in [9.17, 15) is 9.59 Å². The number of carbonyl (C=O) groups excluding carboxylic acids is 2. The third-order valence-corrected chi connectivity index (χ3v) is 7.70. The van der Waals surface area contributed by atoms with Crippen LogP contribution in [0.1, 0.15) is 56.3 Å². The average Bonchev–Trinajstić information content (AvgIpc) is 3.16. The first-order valence-electron chi connectivity index (χ1n) is 11.1. The quantitative estimate of drug-likeness (QED) is 0.439. The van der Waals surface area contributed by atoms with Crippen LogP contribution in [0.4, 0.5) is 5.00 Å². The Morgan fingerprint density at radius 2 is 2.09 bits per heavy atom. The summed E-state index contributed by atoms with van der Waals surface area (Å²) in [5, 5.41) is 9.65. The topological polar surface area (TPSA) is 80.3 Å². The second kappa shape index (κ2) is 9.49. The zero-order chi connectivity index (χ0) is 22.8. The number of nitrogens with zero attached hydrogens (tertiary/aromatic N) is 1. The van der Waals surface area contributed by atoms with Gasteiger partial charge in [0.25, 0.3) is 5.91 Å². The SMILES string of the molecule is Cc1nc(COc2ccccc2C=CC(=O)Nc2sc3c(c2C(=O)NC2CC2)CCC3)cs1. The molecule has 2 aromatic heterocycles. The number of carbonyl (C=O) groups is 2. The molecule has 8 heteroatoms. The highest BCUT2D eigenvalue weighted by Gasteiger charge is 2.30. The van der Waals surface area contributed by atoms with Crippen LogP contribution in [0.3, 0.4) is 0 Å². The molecule has 0 unspecified atom stereocenters. The minimum Gasteiger partial charge on any atom is -0.487 e. The number of thiazole rings is 1. The van der Waals surface area contributed by atoms with E-state index >= 15 is 0 Å². The van der Waals surface area contributed by atoms with Gasteiger partial charge in [0.1, 0.15) is 17.4 Å². The van der Waals surface area contributed by atoms with Crippen LogP contribution in [-0.4, -0.2) is 22.8 Å². The van der Waals surface area contributed by atoms with Crippen molar-refractivity contribution in [3.63, 3.8) is 0 Å². The van der Waals surface area contributed by atoms with Crippen molar-refractivity contribution in [2.75, 3.05) is 5.32 Å². The van der Waals surface area contributed by atoms with Gasteiger partial charge in [0.2, 0.25) is 5.91 Å².